The quantitative estimate of drug-likeness (QED) is 0.833. The molecular weight excluding hydrogens is 294 g/mol. The van der Waals surface area contributed by atoms with Crippen LogP contribution in [0.15, 0.2) is 24.3 Å². The van der Waals surface area contributed by atoms with Crippen molar-refractivity contribution in [3.8, 4) is 0 Å². The van der Waals surface area contributed by atoms with Gasteiger partial charge in [0.2, 0.25) is 5.91 Å². The molecule has 6 nitrogen and oxygen atoms in total. The predicted molar refractivity (Wildman–Crippen MR) is 88.3 cm³/mol. The molecule has 1 heterocycles. The van der Waals surface area contributed by atoms with Crippen LogP contribution in [0.25, 0.3) is 0 Å². The Bertz CT molecular complexity index is 540. The van der Waals surface area contributed by atoms with Crippen molar-refractivity contribution in [2.24, 2.45) is 5.73 Å². The second kappa shape index (κ2) is 8.53. The predicted octanol–water partition coefficient (Wildman–Crippen LogP) is 1.54. The van der Waals surface area contributed by atoms with Gasteiger partial charge in [0.05, 0.1) is 6.61 Å². The molecule has 126 valence electrons. The maximum atomic E-state index is 11.6. The van der Waals surface area contributed by atoms with Gasteiger partial charge in [-0.25, -0.2) is 4.79 Å². The molecule has 1 saturated heterocycles. The number of hydrogen-bond donors (Lipinski definition) is 2. The third kappa shape index (κ3) is 5.25. The Balaban J connectivity index is 1.71. The molecule has 1 aromatic rings. The molecule has 1 fully saturated rings. The highest BCUT2D eigenvalue weighted by Crippen LogP contribution is 2.12. The zero-order chi connectivity index (χ0) is 16.7. The van der Waals surface area contributed by atoms with Crippen LogP contribution >= 0.6 is 0 Å². The van der Waals surface area contributed by atoms with E-state index in [-0.39, 0.29) is 6.09 Å². The van der Waals surface area contributed by atoms with Crippen LogP contribution in [0.1, 0.15) is 35.7 Å². The molecule has 0 spiro atoms. The number of primary amides is 1. The fraction of sp³-hybridized carbons (Fsp3) is 0.529. The van der Waals surface area contributed by atoms with E-state index in [0.717, 1.165) is 44.5 Å². The molecule has 0 saturated carbocycles. The summed E-state index contributed by atoms with van der Waals surface area (Å²) < 4.78 is 5.01. The molecule has 2 rings (SSSR count). The van der Waals surface area contributed by atoms with E-state index in [1.807, 2.05) is 25.1 Å². The van der Waals surface area contributed by atoms with Gasteiger partial charge < -0.3 is 20.7 Å². The maximum absolute atomic E-state index is 11.6. The van der Waals surface area contributed by atoms with E-state index in [4.69, 9.17) is 10.5 Å². The zero-order valence-electron chi connectivity index (χ0n) is 13.6. The number of likely N-dealkylation sites (tertiary alicyclic amines) is 1. The van der Waals surface area contributed by atoms with Gasteiger partial charge in [-0.05, 0) is 50.4 Å². The van der Waals surface area contributed by atoms with Crippen molar-refractivity contribution in [3.05, 3.63) is 35.4 Å². The Morgan fingerprint density at radius 1 is 1.35 bits per heavy atom. The minimum Gasteiger partial charge on any atom is -0.450 e. The number of nitrogens with zero attached hydrogens (tertiary/aromatic N) is 1. The van der Waals surface area contributed by atoms with Gasteiger partial charge in [-0.2, -0.15) is 0 Å². The summed E-state index contributed by atoms with van der Waals surface area (Å²) in [6, 6.07) is 7.84. The second-order valence-corrected chi connectivity index (χ2v) is 5.73. The van der Waals surface area contributed by atoms with Crippen LogP contribution in [0.3, 0.4) is 0 Å². The van der Waals surface area contributed by atoms with Crippen LogP contribution in [0.2, 0.25) is 0 Å². The third-order valence-electron chi connectivity index (χ3n) is 4.08. The monoisotopic (exact) mass is 319 g/mol. The van der Waals surface area contributed by atoms with E-state index in [1.54, 1.807) is 11.0 Å². The Labute approximate surface area is 137 Å². The van der Waals surface area contributed by atoms with Crippen LogP contribution in [0.4, 0.5) is 4.79 Å². The Hall–Kier alpha value is -2.08. The van der Waals surface area contributed by atoms with Crippen molar-refractivity contribution < 1.29 is 14.3 Å². The summed E-state index contributed by atoms with van der Waals surface area (Å²) in [5.41, 5.74) is 6.93. The van der Waals surface area contributed by atoms with E-state index in [1.165, 1.54) is 0 Å². The highest BCUT2D eigenvalue weighted by atomic mass is 16.6. The van der Waals surface area contributed by atoms with E-state index < -0.39 is 5.91 Å². The number of rotatable bonds is 6. The summed E-state index contributed by atoms with van der Waals surface area (Å²) >= 11 is 0. The van der Waals surface area contributed by atoms with Crippen molar-refractivity contribution in [1.82, 2.24) is 10.2 Å². The van der Waals surface area contributed by atoms with E-state index in [2.05, 4.69) is 5.32 Å². The topological polar surface area (TPSA) is 84.7 Å². The average molecular weight is 319 g/mol. The van der Waals surface area contributed by atoms with Crippen molar-refractivity contribution >= 4 is 12.0 Å². The lowest BCUT2D eigenvalue weighted by Crippen LogP contribution is -2.45. The molecule has 0 aromatic heterocycles. The molecule has 0 unspecified atom stereocenters. The van der Waals surface area contributed by atoms with Gasteiger partial charge in [-0.3, -0.25) is 4.79 Å². The van der Waals surface area contributed by atoms with Crippen LogP contribution in [-0.2, 0) is 11.2 Å². The van der Waals surface area contributed by atoms with Crippen LogP contribution < -0.4 is 11.1 Å². The van der Waals surface area contributed by atoms with Gasteiger partial charge in [0, 0.05) is 24.7 Å². The summed E-state index contributed by atoms with van der Waals surface area (Å²) in [5.74, 6) is -0.397. The van der Waals surface area contributed by atoms with Gasteiger partial charge in [0.25, 0.3) is 0 Å². The molecule has 1 aliphatic heterocycles. The molecule has 0 radical (unpaired) electrons. The zero-order valence-corrected chi connectivity index (χ0v) is 13.6. The molecule has 23 heavy (non-hydrogen) atoms. The number of ether oxygens (including phenoxy) is 1. The summed E-state index contributed by atoms with van der Waals surface area (Å²) in [4.78, 5) is 24.6. The summed E-state index contributed by atoms with van der Waals surface area (Å²) in [6.45, 7) is 4.54. The maximum Gasteiger partial charge on any atom is 0.409 e. The van der Waals surface area contributed by atoms with Crippen molar-refractivity contribution in [2.75, 3.05) is 26.2 Å². The highest BCUT2D eigenvalue weighted by molar-refractivity contribution is 5.92. The van der Waals surface area contributed by atoms with Crippen molar-refractivity contribution in [2.45, 2.75) is 32.2 Å². The smallest absolute Gasteiger partial charge is 0.409 e. The fourth-order valence-corrected chi connectivity index (χ4v) is 2.78. The second-order valence-electron chi connectivity index (χ2n) is 5.73. The number of carbonyl (C=O) groups excluding carboxylic acids is 2. The molecule has 0 aliphatic carbocycles. The lowest BCUT2D eigenvalue weighted by Gasteiger charge is -2.31. The lowest BCUT2D eigenvalue weighted by molar-refractivity contribution is 0.0950. The van der Waals surface area contributed by atoms with E-state index in [0.29, 0.717) is 18.2 Å². The number of nitrogens with two attached hydrogens (primary N) is 1. The molecule has 6 heteroatoms. The minimum atomic E-state index is -0.397. The SMILES string of the molecule is CCOC(=O)N1CCC(NCCc2cccc(C(N)=O)c2)CC1. The molecule has 1 aliphatic rings. The molecule has 2 amide bonds. The fourth-order valence-electron chi connectivity index (χ4n) is 2.78. The Morgan fingerprint density at radius 3 is 2.74 bits per heavy atom. The van der Waals surface area contributed by atoms with E-state index in [9.17, 15) is 9.59 Å². The number of benzene rings is 1. The largest absolute Gasteiger partial charge is 0.450 e. The third-order valence-corrected chi connectivity index (χ3v) is 4.08. The van der Waals surface area contributed by atoms with Gasteiger partial charge >= 0.3 is 6.09 Å². The molecule has 0 atom stereocenters. The van der Waals surface area contributed by atoms with Gasteiger partial charge in [-0.15, -0.1) is 0 Å². The first-order valence-electron chi connectivity index (χ1n) is 8.14. The Kier molecular flexibility index (Phi) is 6.40. The van der Waals surface area contributed by atoms with Crippen molar-refractivity contribution in [1.29, 1.82) is 0 Å². The number of piperidine rings is 1. The lowest BCUT2D eigenvalue weighted by atomic mass is 10.0. The number of nitrogens with one attached hydrogen (secondary N) is 1. The number of amides is 2. The van der Waals surface area contributed by atoms with Crippen LogP contribution in [0.5, 0.6) is 0 Å². The molecule has 0 bridgehead atoms. The standard InChI is InChI=1S/C17H25N3O3/c1-2-23-17(22)20-10-7-15(8-11-20)19-9-6-13-4-3-5-14(12-13)16(18)21/h3-5,12,15,19H,2,6-11H2,1H3,(H2,18,21). The number of hydrogen-bond acceptors (Lipinski definition) is 4. The van der Waals surface area contributed by atoms with E-state index >= 15 is 0 Å². The number of carbonyl (C=O) groups is 2. The highest BCUT2D eigenvalue weighted by Gasteiger charge is 2.22. The Morgan fingerprint density at radius 2 is 2.09 bits per heavy atom. The minimum absolute atomic E-state index is 0.214. The summed E-state index contributed by atoms with van der Waals surface area (Å²) in [7, 11) is 0. The molecule has 3 N–H and O–H groups in total. The van der Waals surface area contributed by atoms with Gasteiger partial charge in [0.1, 0.15) is 0 Å². The van der Waals surface area contributed by atoms with Gasteiger partial charge in [0.15, 0.2) is 0 Å². The van der Waals surface area contributed by atoms with Crippen LogP contribution in [-0.4, -0.2) is 49.2 Å². The van der Waals surface area contributed by atoms with Crippen LogP contribution in [0, 0.1) is 0 Å². The molecular formula is C17H25N3O3. The first kappa shape index (κ1) is 17.3. The normalized spacial score (nSPS) is 15.4. The first-order valence-corrected chi connectivity index (χ1v) is 8.14. The molecule has 1 aromatic carbocycles. The average Bonchev–Trinajstić information content (AvgIpc) is 2.56. The summed E-state index contributed by atoms with van der Waals surface area (Å²) in [5, 5.41) is 3.52. The summed E-state index contributed by atoms with van der Waals surface area (Å²) in [6.07, 6.45) is 2.49. The van der Waals surface area contributed by atoms with Gasteiger partial charge in [-0.1, -0.05) is 12.1 Å². The first-order chi connectivity index (χ1) is 11.1. The van der Waals surface area contributed by atoms with Crippen molar-refractivity contribution in [3.63, 3.8) is 0 Å².